The molecule has 0 aliphatic heterocycles. The first-order valence-electron chi connectivity index (χ1n) is 11.4. The molecule has 6 nitrogen and oxygen atoms in total. The monoisotopic (exact) mass is 558 g/mol. The maximum absolute atomic E-state index is 6.93. The number of aromatic nitrogens is 2. The highest BCUT2D eigenvalue weighted by Gasteiger charge is 2.19. The van der Waals surface area contributed by atoms with Gasteiger partial charge >= 0.3 is 0 Å². The first-order chi connectivity index (χ1) is 17.3. The number of methoxy groups -OCH3 is 2. The van der Waals surface area contributed by atoms with Crippen LogP contribution in [0.25, 0.3) is 33.6 Å². The number of nitrogens with zero attached hydrogens (tertiary/aromatic N) is 2. The third-order valence-corrected chi connectivity index (χ3v) is 6.81. The van der Waals surface area contributed by atoms with Crippen LogP contribution in [0.1, 0.15) is 37.1 Å². The minimum atomic E-state index is -0.210. The molecule has 0 unspecified atom stereocenters. The van der Waals surface area contributed by atoms with Crippen molar-refractivity contribution in [2.24, 2.45) is 11.5 Å². The van der Waals surface area contributed by atoms with Crippen molar-refractivity contribution in [2.75, 3.05) is 14.2 Å². The molecule has 0 bridgehead atoms. The Morgan fingerprint density at radius 2 is 1.43 bits per heavy atom. The fourth-order valence-electron chi connectivity index (χ4n) is 4.14. The van der Waals surface area contributed by atoms with Crippen LogP contribution in [-0.4, -0.2) is 24.2 Å². The van der Waals surface area contributed by atoms with Crippen molar-refractivity contribution in [3.8, 4) is 45.3 Å². The Morgan fingerprint density at radius 1 is 0.784 bits per heavy atom. The molecule has 2 aromatic heterocycles. The van der Waals surface area contributed by atoms with E-state index < -0.39 is 0 Å². The van der Waals surface area contributed by atoms with Gasteiger partial charge in [0.05, 0.1) is 35.7 Å². The van der Waals surface area contributed by atoms with Crippen molar-refractivity contribution in [2.45, 2.75) is 25.9 Å². The summed E-state index contributed by atoms with van der Waals surface area (Å²) in [5, 5.41) is 0.995. The van der Waals surface area contributed by atoms with Crippen LogP contribution in [0.3, 0.4) is 0 Å². The van der Waals surface area contributed by atoms with E-state index in [0.717, 1.165) is 33.4 Å². The van der Waals surface area contributed by atoms with Gasteiger partial charge in [-0.25, -0.2) is 4.98 Å². The Morgan fingerprint density at radius 3 is 2.08 bits per heavy atom. The van der Waals surface area contributed by atoms with Crippen LogP contribution in [0.2, 0.25) is 10.0 Å². The van der Waals surface area contributed by atoms with Crippen LogP contribution in [0.15, 0.2) is 60.8 Å². The molecule has 4 rings (SSSR count). The standard InChI is InChI=1S/C28H28Cl2N4O2.ClH/c1-15(31)18-9-8-17(14-24(18)35-3)27-26(30)21(12-13-33-27)20-6-5-7-22(25(20)29)23-11-10-19(16(2)32)28(34-23)36-4;/h5-16H,31-32H2,1-4H3;1H/t15-,16-;/m0./s1. The average Bonchev–Trinajstić information content (AvgIpc) is 2.88. The Balaban J connectivity index is 0.00000380. The summed E-state index contributed by atoms with van der Waals surface area (Å²) in [5.74, 6) is 1.15. The Bertz CT molecular complexity index is 1300. The highest BCUT2D eigenvalue weighted by Crippen LogP contribution is 2.42. The van der Waals surface area contributed by atoms with Crippen molar-refractivity contribution in [1.29, 1.82) is 0 Å². The van der Waals surface area contributed by atoms with Gasteiger partial charge in [-0.15, -0.1) is 12.4 Å². The largest absolute Gasteiger partial charge is 0.496 e. The molecular formula is C28H29Cl3N4O2. The predicted molar refractivity (Wildman–Crippen MR) is 154 cm³/mol. The van der Waals surface area contributed by atoms with Crippen molar-refractivity contribution >= 4 is 35.6 Å². The van der Waals surface area contributed by atoms with Crippen LogP contribution in [0.5, 0.6) is 11.6 Å². The summed E-state index contributed by atoms with van der Waals surface area (Å²) in [7, 11) is 3.19. The molecule has 0 aliphatic carbocycles. The molecule has 4 N–H and O–H groups in total. The zero-order chi connectivity index (χ0) is 26.0. The number of ether oxygens (including phenoxy) is 2. The molecule has 0 fully saturated rings. The molecule has 0 amide bonds. The molecule has 194 valence electrons. The Kier molecular flexibility index (Phi) is 9.40. The van der Waals surface area contributed by atoms with Crippen LogP contribution in [0, 0.1) is 0 Å². The first-order valence-corrected chi connectivity index (χ1v) is 12.2. The molecule has 2 heterocycles. The maximum Gasteiger partial charge on any atom is 0.218 e. The molecule has 0 radical (unpaired) electrons. The van der Waals surface area contributed by atoms with Crippen LogP contribution < -0.4 is 20.9 Å². The highest BCUT2D eigenvalue weighted by atomic mass is 35.5. The second kappa shape index (κ2) is 12.1. The summed E-state index contributed by atoms with van der Waals surface area (Å²) >= 11 is 13.8. The quantitative estimate of drug-likeness (QED) is 0.247. The number of halogens is 3. The molecular weight excluding hydrogens is 531 g/mol. The predicted octanol–water partition coefficient (Wildman–Crippen LogP) is 7.26. The minimum Gasteiger partial charge on any atom is -0.496 e. The third kappa shape index (κ3) is 5.69. The van der Waals surface area contributed by atoms with Crippen LogP contribution in [0.4, 0.5) is 0 Å². The molecule has 2 atom stereocenters. The number of hydrogen-bond acceptors (Lipinski definition) is 6. The van der Waals surface area contributed by atoms with Gasteiger partial charge < -0.3 is 20.9 Å². The molecule has 9 heteroatoms. The minimum absolute atomic E-state index is 0. The van der Waals surface area contributed by atoms with Gasteiger partial charge in [0.2, 0.25) is 5.88 Å². The first kappa shape index (κ1) is 28.7. The Hall–Kier alpha value is -2.87. The summed E-state index contributed by atoms with van der Waals surface area (Å²) in [6.07, 6.45) is 1.71. The fraction of sp³-hybridized carbons (Fsp3) is 0.214. The lowest BCUT2D eigenvalue weighted by Gasteiger charge is -2.16. The lowest BCUT2D eigenvalue weighted by molar-refractivity contribution is 0.390. The number of nitrogens with two attached hydrogens (primary N) is 2. The van der Waals surface area contributed by atoms with Gasteiger partial charge in [-0.1, -0.05) is 53.5 Å². The number of rotatable bonds is 7. The van der Waals surface area contributed by atoms with E-state index in [2.05, 4.69) is 9.97 Å². The van der Waals surface area contributed by atoms with Crippen molar-refractivity contribution in [3.63, 3.8) is 0 Å². The summed E-state index contributed by atoms with van der Waals surface area (Å²) < 4.78 is 11.0. The van der Waals surface area contributed by atoms with Crippen molar-refractivity contribution in [1.82, 2.24) is 9.97 Å². The van der Waals surface area contributed by atoms with Crippen molar-refractivity contribution in [3.05, 3.63) is 82.0 Å². The zero-order valence-corrected chi connectivity index (χ0v) is 23.3. The average molecular weight is 560 g/mol. The molecule has 4 aromatic rings. The van der Waals surface area contributed by atoms with Crippen LogP contribution >= 0.6 is 35.6 Å². The zero-order valence-electron chi connectivity index (χ0n) is 21.0. The van der Waals surface area contributed by atoms with E-state index in [4.69, 9.17) is 44.1 Å². The molecule has 0 aliphatic rings. The number of pyridine rings is 2. The lowest BCUT2D eigenvalue weighted by atomic mass is 9.98. The lowest BCUT2D eigenvalue weighted by Crippen LogP contribution is -2.08. The number of hydrogen-bond donors (Lipinski definition) is 2. The van der Waals surface area contributed by atoms with E-state index in [1.54, 1.807) is 20.4 Å². The van der Waals surface area contributed by atoms with Gasteiger partial charge in [-0.2, -0.15) is 0 Å². The fourth-order valence-corrected chi connectivity index (χ4v) is 4.78. The molecule has 0 spiro atoms. The second-order valence-corrected chi connectivity index (χ2v) is 9.27. The SMILES string of the molecule is COc1cc(-c2nccc(-c3cccc(-c4ccc([C@H](C)N)c(OC)n4)c3Cl)c2Cl)ccc1[C@H](C)N.Cl. The maximum atomic E-state index is 6.93. The smallest absolute Gasteiger partial charge is 0.218 e. The van der Waals surface area contributed by atoms with E-state index in [1.807, 2.05) is 68.4 Å². The van der Waals surface area contributed by atoms with Crippen molar-refractivity contribution < 1.29 is 9.47 Å². The van der Waals surface area contributed by atoms with E-state index >= 15 is 0 Å². The molecule has 37 heavy (non-hydrogen) atoms. The summed E-state index contributed by atoms with van der Waals surface area (Å²) in [6, 6.07) is 16.8. The number of benzene rings is 2. The second-order valence-electron chi connectivity index (χ2n) is 8.52. The van der Waals surface area contributed by atoms with Crippen LogP contribution in [-0.2, 0) is 0 Å². The summed E-state index contributed by atoms with van der Waals surface area (Å²) in [6.45, 7) is 3.79. The van der Waals surface area contributed by atoms with Gasteiger partial charge in [0.15, 0.2) is 0 Å². The van der Waals surface area contributed by atoms with E-state index in [0.29, 0.717) is 33.1 Å². The highest BCUT2D eigenvalue weighted by molar-refractivity contribution is 6.39. The van der Waals surface area contributed by atoms with Gasteiger partial charge in [-0.3, -0.25) is 4.98 Å². The van der Waals surface area contributed by atoms with Gasteiger partial charge in [0.25, 0.3) is 0 Å². The van der Waals surface area contributed by atoms with E-state index in [9.17, 15) is 0 Å². The molecule has 0 saturated carbocycles. The summed E-state index contributed by atoms with van der Waals surface area (Å²) in [5.41, 5.74) is 18.2. The Labute approximate surface area is 233 Å². The molecule has 0 saturated heterocycles. The van der Waals surface area contributed by atoms with E-state index in [1.165, 1.54) is 0 Å². The molecule has 2 aromatic carbocycles. The summed E-state index contributed by atoms with van der Waals surface area (Å²) in [4.78, 5) is 9.19. The normalized spacial score (nSPS) is 12.4. The third-order valence-electron chi connectivity index (χ3n) is 6.03. The van der Waals surface area contributed by atoms with Gasteiger partial charge in [-0.05, 0) is 38.1 Å². The topological polar surface area (TPSA) is 96.3 Å². The van der Waals surface area contributed by atoms with Gasteiger partial charge in [0, 0.05) is 51.7 Å². The van der Waals surface area contributed by atoms with Gasteiger partial charge in [0.1, 0.15) is 5.75 Å². The van der Waals surface area contributed by atoms with E-state index in [-0.39, 0.29) is 24.5 Å².